The Morgan fingerprint density at radius 3 is 2.38 bits per heavy atom. The summed E-state index contributed by atoms with van der Waals surface area (Å²) in [7, 11) is 0. The van der Waals surface area contributed by atoms with Crippen LogP contribution in [0.4, 0.5) is 5.69 Å². The van der Waals surface area contributed by atoms with Crippen molar-refractivity contribution < 1.29 is 0 Å². The first-order chi connectivity index (χ1) is 7.61. The van der Waals surface area contributed by atoms with Crippen molar-refractivity contribution in [2.75, 3.05) is 4.90 Å². The molecule has 1 nitrogen and oxygen atoms in total. The molecule has 0 atom stereocenters. The number of benzene rings is 1. The second kappa shape index (κ2) is 5.55. The Balaban J connectivity index is 3.18. The summed E-state index contributed by atoms with van der Waals surface area (Å²) in [5, 5.41) is 0. The molecule has 0 bridgehead atoms. The van der Waals surface area contributed by atoms with Crippen LogP contribution in [0.1, 0.15) is 26.3 Å². The second-order valence-corrected chi connectivity index (χ2v) is 4.21. The number of allylic oxidation sites excluding steroid dienone is 2. The summed E-state index contributed by atoms with van der Waals surface area (Å²) in [6, 6.07) is 8.37. The molecule has 0 amide bonds. The minimum absolute atomic E-state index is 0.489. The predicted molar refractivity (Wildman–Crippen MR) is 72.5 cm³/mol. The lowest BCUT2D eigenvalue weighted by atomic mass is 10.1. The maximum Gasteiger partial charge on any atom is 0.0481 e. The molecule has 1 aromatic carbocycles. The molecule has 0 fully saturated rings. The Bertz CT molecular complexity index is 388. The highest BCUT2D eigenvalue weighted by Crippen LogP contribution is 2.27. The van der Waals surface area contributed by atoms with Gasteiger partial charge in [-0.3, -0.25) is 0 Å². The summed E-state index contributed by atoms with van der Waals surface area (Å²) in [5.41, 5.74) is 3.76. The van der Waals surface area contributed by atoms with Gasteiger partial charge in [0.15, 0.2) is 0 Å². The molecule has 0 aliphatic heterocycles. The average molecular weight is 215 g/mol. The number of aryl methyl sites for hydroxylation is 1. The second-order valence-electron chi connectivity index (χ2n) is 4.21. The SMILES string of the molecule is C=CN(/C(=C/C)C(C)C)c1ccccc1C. The fourth-order valence-electron chi connectivity index (χ4n) is 1.93. The van der Waals surface area contributed by atoms with E-state index in [0.717, 1.165) is 0 Å². The van der Waals surface area contributed by atoms with E-state index < -0.39 is 0 Å². The Morgan fingerprint density at radius 1 is 1.31 bits per heavy atom. The van der Waals surface area contributed by atoms with E-state index in [1.807, 2.05) is 6.20 Å². The third-order valence-electron chi connectivity index (χ3n) is 2.72. The topological polar surface area (TPSA) is 3.24 Å². The molecule has 0 N–H and O–H groups in total. The summed E-state index contributed by atoms with van der Waals surface area (Å²) in [6.45, 7) is 12.5. The van der Waals surface area contributed by atoms with Gasteiger partial charge in [-0.25, -0.2) is 0 Å². The van der Waals surface area contributed by atoms with Crippen molar-refractivity contribution in [1.82, 2.24) is 0 Å². The fourth-order valence-corrected chi connectivity index (χ4v) is 1.93. The molecule has 0 aliphatic carbocycles. The van der Waals surface area contributed by atoms with Gasteiger partial charge < -0.3 is 4.90 Å². The molecule has 0 spiro atoms. The fraction of sp³-hybridized carbons (Fsp3) is 0.333. The summed E-state index contributed by atoms with van der Waals surface area (Å²) in [5.74, 6) is 0.489. The lowest BCUT2D eigenvalue weighted by Gasteiger charge is -2.27. The van der Waals surface area contributed by atoms with Crippen LogP contribution in [0, 0.1) is 12.8 Å². The number of nitrogens with zero attached hydrogens (tertiary/aromatic N) is 1. The minimum atomic E-state index is 0.489. The highest BCUT2D eigenvalue weighted by atomic mass is 15.1. The molecule has 0 heterocycles. The van der Waals surface area contributed by atoms with E-state index >= 15 is 0 Å². The van der Waals surface area contributed by atoms with Gasteiger partial charge in [0.2, 0.25) is 0 Å². The molecule has 0 aromatic heterocycles. The van der Waals surface area contributed by atoms with Gasteiger partial charge in [0.05, 0.1) is 0 Å². The molecular weight excluding hydrogens is 194 g/mol. The Hall–Kier alpha value is -1.50. The van der Waals surface area contributed by atoms with Crippen molar-refractivity contribution in [2.45, 2.75) is 27.7 Å². The first-order valence-corrected chi connectivity index (χ1v) is 5.75. The zero-order valence-corrected chi connectivity index (χ0v) is 10.7. The molecule has 1 aromatic rings. The standard InChI is InChI=1S/C15H21N/c1-6-14(12(3)4)16(7-2)15-11-9-8-10-13(15)5/h6-12H,2H2,1,3-5H3/b14-6+. The van der Waals surface area contributed by atoms with Crippen LogP contribution in [0.25, 0.3) is 0 Å². The van der Waals surface area contributed by atoms with Crippen LogP contribution in [0.2, 0.25) is 0 Å². The summed E-state index contributed by atoms with van der Waals surface area (Å²) in [4.78, 5) is 2.17. The van der Waals surface area contributed by atoms with E-state index in [2.05, 4.69) is 69.5 Å². The van der Waals surface area contributed by atoms with Crippen molar-refractivity contribution in [3.8, 4) is 0 Å². The summed E-state index contributed by atoms with van der Waals surface area (Å²) in [6.07, 6.45) is 4.04. The highest BCUT2D eigenvalue weighted by Gasteiger charge is 2.12. The lowest BCUT2D eigenvalue weighted by Crippen LogP contribution is -2.19. The van der Waals surface area contributed by atoms with Crippen LogP contribution in [0.5, 0.6) is 0 Å². The molecule has 0 saturated heterocycles. The zero-order valence-electron chi connectivity index (χ0n) is 10.7. The van der Waals surface area contributed by atoms with Gasteiger partial charge in [0.25, 0.3) is 0 Å². The van der Waals surface area contributed by atoms with Gasteiger partial charge in [-0.05, 0) is 31.4 Å². The van der Waals surface area contributed by atoms with E-state index in [4.69, 9.17) is 0 Å². The first kappa shape index (κ1) is 12.6. The third-order valence-corrected chi connectivity index (χ3v) is 2.72. The first-order valence-electron chi connectivity index (χ1n) is 5.75. The molecule has 0 unspecified atom stereocenters. The van der Waals surface area contributed by atoms with Gasteiger partial charge in [-0.2, -0.15) is 0 Å². The average Bonchev–Trinajstić information content (AvgIpc) is 2.26. The maximum absolute atomic E-state index is 3.91. The number of hydrogen-bond donors (Lipinski definition) is 0. The lowest BCUT2D eigenvalue weighted by molar-refractivity contribution is 0.741. The molecular formula is C15H21N. The van der Waals surface area contributed by atoms with E-state index in [1.165, 1.54) is 16.9 Å². The maximum atomic E-state index is 3.91. The third kappa shape index (κ3) is 2.54. The van der Waals surface area contributed by atoms with Gasteiger partial charge >= 0.3 is 0 Å². The molecule has 1 rings (SSSR count). The zero-order chi connectivity index (χ0) is 12.1. The molecule has 0 saturated carbocycles. The Kier molecular flexibility index (Phi) is 4.36. The van der Waals surface area contributed by atoms with Crippen LogP contribution >= 0.6 is 0 Å². The van der Waals surface area contributed by atoms with E-state index in [-0.39, 0.29) is 0 Å². The minimum Gasteiger partial charge on any atom is -0.321 e. The highest BCUT2D eigenvalue weighted by molar-refractivity contribution is 5.59. The van der Waals surface area contributed by atoms with Crippen LogP contribution in [0.15, 0.2) is 48.8 Å². The van der Waals surface area contributed by atoms with Gasteiger partial charge in [-0.1, -0.05) is 44.7 Å². The molecule has 86 valence electrons. The number of rotatable bonds is 4. The molecule has 16 heavy (non-hydrogen) atoms. The van der Waals surface area contributed by atoms with Gasteiger partial charge in [-0.15, -0.1) is 0 Å². The van der Waals surface area contributed by atoms with E-state index in [0.29, 0.717) is 5.92 Å². The number of anilines is 1. The van der Waals surface area contributed by atoms with Crippen molar-refractivity contribution in [1.29, 1.82) is 0 Å². The van der Waals surface area contributed by atoms with Gasteiger partial charge in [0.1, 0.15) is 0 Å². The largest absolute Gasteiger partial charge is 0.321 e. The van der Waals surface area contributed by atoms with Crippen molar-refractivity contribution in [3.63, 3.8) is 0 Å². The van der Waals surface area contributed by atoms with E-state index in [9.17, 15) is 0 Å². The van der Waals surface area contributed by atoms with Crippen LogP contribution in [-0.2, 0) is 0 Å². The molecule has 1 heteroatoms. The van der Waals surface area contributed by atoms with Crippen molar-refractivity contribution in [2.24, 2.45) is 5.92 Å². The smallest absolute Gasteiger partial charge is 0.0481 e. The summed E-state index contributed by atoms with van der Waals surface area (Å²) < 4.78 is 0. The predicted octanol–water partition coefficient (Wildman–Crippen LogP) is 4.50. The molecule has 0 radical (unpaired) electrons. The quantitative estimate of drug-likeness (QED) is 0.714. The van der Waals surface area contributed by atoms with E-state index in [1.54, 1.807) is 0 Å². The van der Waals surface area contributed by atoms with Crippen LogP contribution in [-0.4, -0.2) is 0 Å². The van der Waals surface area contributed by atoms with Crippen molar-refractivity contribution in [3.05, 3.63) is 54.4 Å². The number of para-hydroxylation sites is 1. The summed E-state index contributed by atoms with van der Waals surface area (Å²) >= 11 is 0. The number of hydrogen-bond acceptors (Lipinski definition) is 1. The normalized spacial score (nSPS) is 11.7. The molecule has 0 aliphatic rings. The van der Waals surface area contributed by atoms with Crippen LogP contribution in [0.3, 0.4) is 0 Å². The van der Waals surface area contributed by atoms with Gasteiger partial charge in [0, 0.05) is 17.6 Å². The monoisotopic (exact) mass is 215 g/mol. The Labute approximate surface area is 99.1 Å². The Morgan fingerprint density at radius 2 is 1.94 bits per heavy atom. The van der Waals surface area contributed by atoms with Crippen LogP contribution < -0.4 is 4.90 Å². The van der Waals surface area contributed by atoms with Crippen molar-refractivity contribution >= 4 is 5.69 Å².